The quantitative estimate of drug-likeness (QED) is 0.687. The summed E-state index contributed by atoms with van der Waals surface area (Å²) < 4.78 is 38.3. The van der Waals surface area contributed by atoms with Crippen LogP contribution in [-0.2, 0) is 6.61 Å². The molecule has 1 heterocycles. The molecule has 21 heavy (non-hydrogen) atoms. The highest BCUT2D eigenvalue weighted by molar-refractivity contribution is 5.64. The van der Waals surface area contributed by atoms with E-state index in [1.54, 1.807) is 0 Å². The highest BCUT2D eigenvalue weighted by Gasteiger charge is 2.15. The molecule has 0 aliphatic carbocycles. The minimum Gasteiger partial charge on any atom is -0.489 e. The number of rotatable bonds is 4. The van der Waals surface area contributed by atoms with E-state index < -0.39 is 11.6 Å². The van der Waals surface area contributed by atoms with Gasteiger partial charge in [0.05, 0.1) is 18.1 Å². The minimum atomic E-state index is -0.681. The van der Waals surface area contributed by atoms with E-state index in [4.69, 9.17) is 9.15 Å². The van der Waals surface area contributed by atoms with Crippen LogP contribution < -0.4 is 4.74 Å². The molecule has 0 aliphatic rings. The lowest BCUT2D eigenvalue weighted by molar-refractivity contribution is 0.303. The molecule has 0 fully saturated rings. The van der Waals surface area contributed by atoms with E-state index in [2.05, 4.69) is 0 Å². The summed E-state index contributed by atoms with van der Waals surface area (Å²) in [6.45, 7) is 0.255. The molecular formula is C17H12F2O2. The van der Waals surface area contributed by atoms with Crippen molar-refractivity contribution in [3.8, 4) is 16.9 Å². The Labute approximate surface area is 120 Å². The molecule has 0 atom stereocenters. The highest BCUT2D eigenvalue weighted by Crippen LogP contribution is 2.30. The third-order valence-corrected chi connectivity index (χ3v) is 3.07. The van der Waals surface area contributed by atoms with Crippen LogP contribution in [0.2, 0.25) is 0 Å². The molecule has 1 aromatic heterocycles. The van der Waals surface area contributed by atoms with Gasteiger partial charge in [0.1, 0.15) is 24.0 Å². The van der Waals surface area contributed by atoms with Crippen molar-refractivity contribution in [1.82, 2.24) is 0 Å². The van der Waals surface area contributed by atoms with Gasteiger partial charge in [0, 0.05) is 17.7 Å². The summed E-state index contributed by atoms with van der Waals surface area (Å²) in [6, 6.07) is 13.3. The number of ether oxygens (including phenoxy) is 1. The second-order valence-electron chi connectivity index (χ2n) is 4.55. The number of benzene rings is 2. The number of halogens is 2. The van der Waals surface area contributed by atoms with Gasteiger partial charge in [-0.15, -0.1) is 0 Å². The van der Waals surface area contributed by atoms with Gasteiger partial charge in [-0.05, 0) is 11.6 Å². The maximum atomic E-state index is 14.0. The highest BCUT2D eigenvalue weighted by atomic mass is 19.1. The maximum absolute atomic E-state index is 14.0. The zero-order valence-corrected chi connectivity index (χ0v) is 11.1. The summed E-state index contributed by atoms with van der Waals surface area (Å²) in [5, 5.41) is 0. The van der Waals surface area contributed by atoms with Crippen molar-refractivity contribution in [2.75, 3.05) is 0 Å². The van der Waals surface area contributed by atoms with Crippen molar-refractivity contribution < 1.29 is 17.9 Å². The van der Waals surface area contributed by atoms with Gasteiger partial charge in [-0.25, -0.2) is 8.78 Å². The van der Waals surface area contributed by atoms with E-state index in [1.165, 1.54) is 30.7 Å². The molecule has 0 radical (unpaired) electrons. The fourth-order valence-corrected chi connectivity index (χ4v) is 2.06. The molecule has 0 amide bonds. The summed E-state index contributed by atoms with van der Waals surface area (Å²) in [7, 11) is 0. The third kappa shape index (κ3) is 2.94. The largest absolute Gasteiger partial charge is 0.489 e. The molecule has 0 bridgehead atoms. The Hall–Kier alpha value is -2.62. The van der Waals surface area contributed by atoms with Gasteiger partial charge in [0.15, 0.2) is 0 Å². The molecule has 106 valence electrons. The SMILES string of the molecule is Fc1cc(OCc2ccccc2)cc(F)c1-c1ccoc1. The van der Waals surface area contributed by atoms with Gasteiger partial charge in [0.25, 0.3) is 0 Å². The summed E-state index contributed by atoms with van der Waals surface area (Å²) >= 11 is 0. The fourth-order valence-electron chi connectivity index (χ4n) is 2.06. The Balaban J connectivity index is 1.82. The van der Waals surface area contributed by atoms with Crippen molar-refractivity contribution in [1.29, 1.82) is 0 Å². The molecule has 3 rings (SSSR count). The topological polar surface area (TPSA) is 22.4 Å². The molecule has 0 N–H and O–H groups in total. The lowest BCUT2D eigenvalue weighted by Crippen LogP contribution is -1.98. The first kappa shape index (κ1) is 13.4. The Morgan fingerprint density at radius 3 is 2.29 bits per heavy atom. The van der Waals surface area contributed by atoms with Gasteiger partial charge >= 0.3 is 0 Å². The summed E-state index contributed by atoms with van der Waals surface area (Å²) in [4.78, 5) is 0. The smallest absolute Gasteiger partial charge is 0.137 e. The molecular weight excluding hydrogens is 274 g/mol. The third-order valence-electron chi connectivity index (χ3n) is 3.07. The van der Waals surface area contributed by atoms with E-state index in [0.29, 0.717) is 5.56 Å². The Morgan fingerprint density at radius 1 is 0.952 bits per heavy atom. The van der Waals surface area contributed by atoms with Gasteiger partial charge in [-0.2, -0.15) is 0 Å². The van der Waals surface area contributed by atoms with Crippen LogP contribution in [0.3, 0.4) is 0 Å². The molecule has 2 aromatic carbocycles. The van der Waals surface area contributed by atoms with Crippen molar-refractivity contribution in [3.05, 3.63) is 78.3 Å². The van der Waals surface area contributed by atoms with E-state index in [9.17, 15) is 8.78 Å². The zero-order valence-electron chi connectivity index (χ0n) is 11.1. The fraction of sp³-hybridized carbons (Fsp3) is 0.0588. The first-order chi connectivity index (χ1) is 10.2. The van der Waals surface area contributed by atoms with Gasteiger partial charge in [-0.3, -0.25) is 0 Å². The average molecular weight is 286 g/mol. The molecule has 2 nitrogen and oxygen atoms in total. The summed E-state index contributed by atoms with van der Waals surface area (Å²) in [5.74, 6) is -1.21. The number of furan rings is 1. The molecule has 0 saturated carbocycles. The first-order valence-electron chi connectivity index (χ1n) is 6.42. The van der Waals surface area contributed by atoms with Crippen LogP contribution in [0.1, 0.15) is 5.56 Å². The molecule has 3 aromatic rings. The molecule has 4 heteroatoms. The second-order valence-corrected chi connectivity index (χ2v) is 4.55. The Kier molecular flexibility index (Phi) is 3.69. The normalized spacial score (nSPS) is 10.6. The molecule has 0 saturated heterocycles. The first-order valence-corrected chi connectivity index (χ1v) is 6.42. The average Bonchev–Trinajstić information content (AvgIpc) is 2.99. The predicted molar refractivity (Wildman–Crippen MR) is 74.8 cm³/mol. The van der Waals surface area contributed by atoms with Crippen LogP contribution >= 0.6 is 0 Å². The van der Waals surface area contributed by atoms with Crippen molar-refractivity contribution in [2.24, 2.45) is 0 Å². The van der Waals surface area contributed by atoms with Gasteiger partial charge < -0.3 is 9.15 Å². The minimum absolute atomic E-state index is 0.115. The van der Waals surface area contributed by atoms with Crippen LogP contribution in [0.15, 0.2) is 65.5 Å². The van der Waals surface area contributed by atoms with Gasteiger partial charge in [0.2, 0.25) is 0 Å². The zero-order chi connectivity index (χ0) is 14.7. The summed E-state index contributed by atoms with van der Waals surface area (Å²) in [6.07, 6.45) is 2.67. The monoisotopic (exact) mass is 286 g/mol. The molecule has 0 spiro atoms. The lowest BCUT2D eigenvalue weighted by Gasteiger charge is -2.09. The number of hydrogen-bond donors (Lipinski definition) is 0. The van der Waals surface area contributed by atoms with Crippen LogP contribution in [0.5, 0.6) is 5.75 Å². The van der Waals surface area contributed by atoms with Gasteiger partial charge in [-0.1, -0.05) is 30.3 Å². The predicted octanol–water partition coefficient (Wildman–Crippen LogP) is 4.80. The van der Waals surface area contributed by atoms with Crippen LogP contribution in [0.25, 0.3) is 11.1 Å². The van der Waals surface area contributed by atoms with Crippen molar-refractivity contribution in [3.63, 3.8) is 0 Å². The van der Waals surface area contributed by atoms with E-state index >= 15 is 0 Å². The second kappa shape index (κ2) is 5.79. The maximum Gasteiger partial charge on any atom is 0.137 e. The van der Waals surface area contributed by atoms with E-state index in [-0.39, 0.29) is 17.9 Å². The Morgan fingerprint density at radius 2 is 1.67 bits per heavy atom. The van der Waals surface area contributed by atoms with Crippen molar-refractivity contribution in [2.45, 2.75) is 6.61 Å². The van der Waals surface area contributed by atoms with Crippen molar-refractivity contribution >= 4 is 0 Å². The lowest BCUT2D eigenvalue weighted by atomic mass is 10.1. The van der Waals surface area contributed by atoms with E-state index in [0.717, 1.165) is 5.56 Å². The molecule has 0 unspecified atom stereocenters. The van der Waals surface area contributed by atoms with E-state index in [1.807, 2.05) is 30.3 Å². The summed E-state index contributed by atoms with van der Waals surface area (Å²) in [5.41, 5.74) is 1.17. The number of hydrogen-bond acceptors (Lipinski definition) is 2. The standard InChI is InChI=1S/C17H12F2O2/c18-15-8-14(21-10-12-4-2-1-3-5-12)9-16(19)17(15)13-6-7-20-11-13/h1-9,11H,10H2. The van der Waals surface area contributed by atoms with Crippen LogP contribution in [0.4, 0.5) is 8.78 Å². The van der Waals surface area contributed by atoms with Crippen LogP contribution in [-0.4, -0.2) is 0 Å². The van der Waals surface area contributed by atoms with Crippen LogP contribution in [0, 0.1) is 11.6 Å². The molecule has 0 aliphatic heterocycles. The Bertz CT molecular complexity index is 699.